The maximum absolute atomic E-state index is 3.73. The van der Waals surface area contributed by atoms with Crippen molar-refractivity contribution in [1.29, 1.82) is 0 Å². The van der Waals surface area contributed by atoms with Crippen LogP contribution in [0, 0.1) is 11.8 Å². The van der Waals surface area contributed by atoms with Crippen LogP contribution in [0.15, 0.2) is 0 Å². The molecule has 18 heavy (non-hydrogen) atoms. The van der Waals surface area contributed by atoms with Gasteiger partial charge in [0, 0.05) is 18.1 Å². The van der Waals surface area contributed by atoms with E-state index in [-0.39, 0.29) is 0 Å². The Balaban J connectivity index is 1.49. The molecular formula is C16H30N2. The van der Waals surface area contributed by atoms with Crippen molar-refractivity contribution in [2.24, 2.45) is 11.8 Å². The van der Waals surface area contributed by atoms with E-state index < -0.39 is 0 Å². The fourth-order valence-corrected chi connectivity index (χ4v) is 4.08. The fraction of sp³-hybridized carbons (Fsp3) is 1.00. The van der Waals surface area contributed by atoms with Gasteiger partial charge in [-0.05, 0) is 64.0 Å². The van der Waals surface area contributed by atoms with Crippen molar-refractivity contribution < 1.29 is 0 Å². The number of nitrogens with one attached hydrogen (secondary N) is 1. The van der Waals surface area contributed by atoms with E-state index in [0.29, 0.717) is 0 Å². The van der Waals surface area contributed by atoms with Crippen molar-refractivity contribution in [3.05, 3.63) is 0 Å². The van der Waals surface area contributed by atoms with E-state index in [4.69, 9.17) is 0 Å². The molecule has 0 spiro atoms. The maximum atomic E-state index is 3.73. The van der Waals surface area contributed by atoms with E-state index in [1.165, 1.54) is 57.9 Å². The third kappa shape index (κ3) is 2.75. The van der Waals surface area contributed by atoms with Crippen LogP contribution in [0.2, 0.25) is 0 Å². The quantitative estimate of drug-likeness (QED) is 0.807. The molecule has 0 heterocycles. The van der Waals surface area contributed by atoms with Crippen molar-refractivity contribution >= 4 is 0 Å². The molecule has 3 saturated carbocycles. The number of hydrogen-bond acceptors (Lipinski definition) is 2. The van der Waals surface area contributed by atoms with E-state index in [1.807, 2.05) is 0 Å². The fourth-order valence-electron chi connectivity index (χ4n) is 4.08. The molecule has 0 amide bonds. The van der Waals surface area contributed by atoms with Crippen molar-refractivity contribution in [1.82, 2.24) is 10.2 Å². The summed E-state index contributed by atoms with van der Waals surface area (Å²) in [4.78, 5) is 2.76. The van der Waals surface area contributed by atoms with E-state index in [0.717, 1.165) is 30.0 Å². The highest BCUT2D eigenvalue weighted by Crippen LogP contribution is 2.37. The molecule has 0 saturated heterocycles. The van der Waals surface area contributed by atoms with Gasteiger partial charge in [-0.2, -0.15) is 0 Å². The zero-order valence-electron chi connectivity index (χ0n) is 12.2. The zero-order valence-corrected chi connectivity index (χ0v) is 12.2. The predicted molar refractivity (Wildman–Crippen MR) is 76.7 cm³/mol. The highest BCUT2D eigenvalue weighted by molar-refractivity contribution is 4.94. The second-order valence-electron chi connectivity index (χ2n) is 7.08. The van der Waals surface area contributed by atoms with E-state index in [9.17, 15) is 0 Å². The molecule has 0 aromatic rings. The first-order valence-corrected chi connectivity index (χ1v) is 8.21. The van der Waals surface area contributed by atoms with Gasteiger partial charge in [0.1, 0.15) is 0 Å². The molecule has 0 radical (unpaired) electrons. The van der Waals surface area contributed by atoms with Crippen LogP contribution in [0.5, 0.6) is 0 Å². The number of rotatable bonds is 5. The molecule has 1 N–H and O–H groups in total. The van der Waals surface area contributed by atoms with Gasteiger partial charge in [-0.3, -0.25) is 4.90 Å². The molecule has 0 aromatic carbocycles. The lowest BCUT2D eigenvalue weighted by atomic mass is 9.75. The third-order valence-electron chi connectivity index (χ3n) is 5.74. The average Bonchev–Trinajstić information content (AvgIpc) is 3.12. The standard InChI is InChI=1S/C16H30N2/c1-12-5-3-4-6-15(12)18(2)16-10-7-13(16)11-17-14-8-9-14/h12-17H,3-11H2,1-2H3. The minimum atomic E-state index is 0.868. The van der Waals surface area contributed by atoms with Crippen LogP contribution >= 0.6 is 0 Å². The lowest BCUT2D eigenvalue weighted by Crippen LogP contribution is -2.54. The van der Waals surface area contributed by atoms with Crippen molar-refractivity contribution in [2.75, 3.05) is 13.6 Å². The number of nitrogens with zero attached hydrogens (tertiary/aromatic N) is 1. The average molecular weight is 250 g/mol. The maximum Gasteiger partial charge on any atom is 0.0136 e. The molecule has 4 atom stereocenters. The normalized spacial score (nSPS) is 40.8. The summed E-state index contributed by atoms with van der Waals surface area (Å²) in [6.07, 6.45) is 11.6. The molecule has 3 aliphatic carbocycles. The minimum Gasteiger partial charge on any atom is -0.314 e. The SMILES string of the molecule is CC1CCCCC1N(C)C1CCC1CNC1CC1. The van der Waals surface area contributed by atoms with Gasteiger partial charge in [0.05, 0.1) is 0 Å². The van der Waals surface area contributed by atoms with Crippen LogP contribution in [-0.2, 0) is 0 Å². The van der Waals surface area contributed by atoms with E-state index in [2.05, 4.69) is 24.2 Å². The van der Waals surface area contributed by atoms with Crippen LogP contribution < -0.4 is 5.32 Å². The summed E-state index contributed by atoms with van der Waals surface area (Å²) < 4.78 is 0. The van der Waals surface area contributed by atoms with E-state index >= 15 is 0 Å². The highest BCUT2D eigenvalue weighted by Gasteiger charge is 2.38. The van der Waals surface area contributed by atoms with E-state index in [1.54, 1.807) is 0 Å². The second-order valence-corrected chi connectivity index (χ2v) is 7.08. The Kier molecular flexibility index (Phi) is 3.95. The van der Waals surface area contributed by atoms with Gasteiger partial charge in [-0.25, -0.2) is 0 Å². The summed E-state index contributed by atoms with van der Waals surface area (Å²) in [5.74, 6) is 1.85. The molecule has 3 aliphatic rings. The van der Waals surface area contributed by atoms with Gasteiger partial charge in [-0.15, -0.1) is 0 Å². The monoisotopic (exact) mass is 250 g/mol. The summed E-state index contributed by atoms with van der Waals surface area (Å²) >= 11 is 0. The predicted octanol–water partition coefficient (Wildman–Crippen LogP) is 3.03. The third-order valence-corrected chi connectivity index (χ3v) is 5.74. The summed E-state index contributed by atoms with van der Waals surface area (Å²) in [6, 6.07) is 2.62. The Bertz CT molecular complexity index is 274. The highest BCUT2D eigenvalue weighted by atomic mass is 15.2. The summed E-state index contributed by atoms with van der Waals surface area (Å²) in [5.41, 5.74) is 0. The van der Waals surface area contributed by atoms with Crippen LogP contribution in [0.3, 0.4) is 0 Å². The van der Waals surface area contributed by atoms with Crippen molar-refractivity contribution in [2.45, 2.75) is 76.4 Å². The molecule has 3 rings (SSSR count). The Labute approximate surface area is 113 Å². The minimum absolute atomic E-state index is 0.868. The molecule has 3 fully saturated rings. The first-order chi connectivity index (χ1) is 8.75. The largest absolute Gasteiger partial charge is 0.314 e. The smallest absolute Gasteiger partial charge is 0.0136 e. The molecular weight excluding hydrogens is 220 g/mol. The van der Waals surface area contributed by atoms with Crippen LogP contribution in [0.25, 0.3) is 0 Å². The Morgan fingerprint density at radius 2 is 1.72 bits per heavy atom. The molecule has 104 valence electrons. The first-order valence-electron chi connectivity index (χ1n) is 8.21. The van der Waals surface area contributed by atoms with Gasteiger partial charge in [0.25, 0.3) is 0 Å². The topological polar surface area (TPSA) is 15.3 Å². The van der Waals surface area contributed by atoms with Gasteiger partial charge < -0.3 is 5.32 Å². The Hall–Kier alpha value is -0.0800. The van der Waals surface area contributed by atoms with Crippen LogP contribution in [0.1, 0.15) is 58.3 Å². The second kappa shape index (κ2) is 5.50. The van der Waals surface area contributed by atoms with Gasteiger partial charge in [-0.1, -0.05) is 19.8 Å². The summed E-state index contributed by atoms with van der Waals surface area (Å²) in [6.45, 7) is 3.75. The van der Waals surface area contributed by atoms with Gasteiger partial charge in [0.15, 0.2) is 0 Å². The molecule has 2 heteroatoms. The summed E-state index contributed by atoms with van der Waals surface area (Å²) in [5, 5.41) is 3.73. The molecule has 0 aliphatic heterocycles. The summed E-state index contributed by atoms with van der Waals surface area (Å²) in [7, 11) is 2.40. The Morgan fingerprint density at radius 1 is 0.944 bits per heavy atom. The van der Waals surface area contributed by atoms with Gasteiger partial charge >= 0.3 is 0 Å². The van der Waals surface area contributed by atoms with Crippen LogP contribution in [-0.4, -0.2) is 36.6 Å². The zero-order chi connectivity index (χ0) is 12.5. The van der Waals surface area contributed by atoms with Gasteiger partial charge in [0.2, 0.25) is 0 Å². The Morgan fingerprint density at radius 3 is 2.33 bits per heavy atom. The van der Waals surface area contributed by atoms with Crippen molar-refractivity contribution in [3.63, 3.8) is 0 Å². The first kappa shape index (κ1) is 12.9. The number of hydrogen-bond donors (Lipinski definition) is 1. The lowest BCUT2D eigenvalue weighted by Gasteiger charge is -2.49. The van der Waals surface area contributed by atoms with Crippen molar-refractivity contribution in [3.8, 4) is 0 Å². The van der Waals surface area contributed by atoms with Crippen LogP contribution in [0.4, 0.5) is 0 Å². The lowest BCUT2D eigenvalue weighted by molar-refractivity contribution is 0.0163. The molecule has 4 unspecified atom stereocenters. The molecule has 0 aromatic heterocycles. The molecule has 2 nitrogen and oxygen atoms in total. The molecule has 0 bridgehead atoms.